The summed E-state index contributed by atoms with van der Waals surface area (Å²) in [5, 5.41) is 7.56. The Morgan fingerprint density at radius 3 is 2.77 bits per heavy atom. The van der Waals surface area contributed by atoms with Crippen LogP contribution in [0, 0.1) is 6.92 Å². The van der Waals surface area contributed by atoms with Gasteiger partial charge in [-0.1, -0.05) is 41.4 Å². The third kappa shape index (κ3) is 5.21. The molecule has 3 aromatic rings. The van der Waals surface area contributed by atoms with Gasteiger partial charge < -0.3 is 10.6 Å². The van der Waals surface area contributed by atoms with Crippen LogP contribution in [0.4, 0.5) is 10.8 Å². The Morgan fingerprint density at radius 2 is 2.00 bits per heavy atom. The highest BCUT2D eigenvalue weighted by molar-refractivity contribution is 7.15. The molecule has 1 amide bonds. The molecule has 0 saturated heterocycles. The lowest BCUT2D eigenvalue weighted by Gasteiger charge is -2.06. The lowest BCUT2D eigenvalue weighted by atomic mass is 10.1. The van der Waals surface area contributed by atoms with Crippen molar-refractivity contribution in [2.24, 2.45) is 0 Å². The number of aromatic nitrogens is 1. The van der Waals surface area contributed by atoms with Gasteiger partial charge in [0.25, 0.3) is 0 Å². The molecule has 0 atom stereocenters. The van der Waals surface area contributed by atoms with Crippen LogP contribution in [-0.2, 0) is 11.2 Å². The number of aryl methyl sites for hydroxylation is 1. The second-order valence-electron chi connectivity index (χ2n) is 5.83. The fraction of sp³-hybridized carbons (Fsp3) is 0.158. The molecule has 0 aliphatic heterocycles. The van der Waals surface area contributed by atoms with Gasteiger partial charge in [-0.25, -0.2) is 4.98 Å². The highest BCUT2D eigenvalue weighted by Crippen LogP contribution is 2.26. The van der Waals surface area contributed by atoms with Gasteiger partial charge in [0, 0.05) is 23.2 Å². The number of rotatable bonds is 6. The molecule has 1 aromatic heterocycles. The molecule has 1 heterocycles. The number of halogens is 2. The molecule has 2 aromatic carbocycles. The van der Waals surface area contributed by atoms with Gasteiger partial charge in [-0.3, -0.25) is 4.79 Å². The number of anilines is 2. The summed E-state index contributed by atoms with van der Waals surface area (Å²) in [6, 6.07) is 13.4. The molecule has 4 nitrogen and oxygen atoms in total. The zero-order valence-electron chi connectivity index (χ0n) is 14.1. The average Bonchev–Trinajstić information content (AvgIpc) is 3.03. The Balaban J connectivity index is 1.54. The van der Waals surface area contributed by atoms with E-state index in [0.29, 0.717) is 21.6 Å². The van der Waals surface area contributed by atoms with Crippen molar-refractivity contribution in [3.63, 3.8) is 0 Å². The summed E-state index contributed by atoms with van der Waals surface area (Å²) in [6.45, 7) is 2.20. The maximum atomic E-state index is 12.1. The summed E-state index contributed by atoms with van der Waals surface area (Å²) in [7, 11) is 0. The van der Waals surface area contributed by atoms with E-state index in [1.54, 1.807) is 12.3 Å². The summed E-state index contributed by atoms with van der Waals surface area (Å²) in [5.74, 6) is -0.137. The Hall–Kier alpha value is -2.08. The van der Waals surface area contributed by atoms with Crippen LogP contribution in [0.15, 0.2) is 48.7 Å². The fourth-order valence-electron chi connectivity index (χ4n) is 2.40. The van der Waals surface area contributed by atoms with Crippen LogP contribution < -0.4 is 10.6 Å². The molecule has 2 N–H and O–H groups in total. The zero-order valence-corrected chi connectivity index (χ0v) is 16.4. The molecule has 0 unspecified atom stereocenters. The molecule has 0 bridgehead atoms. The maximum absolute atomic E-state index is 12.1. The van der Waals surface area contributed by atoms with E-state index in [9.17, 15) is 4.79 Å². The third-order valence-electron chi connectivity index (χ3n) is 3.63. The topological polar surface area (TPSA) is 54.0 Å². The number of carbonyl (C=O) groups excluding carboxylic acids is 1. The van der Waals surface area contributed by atoms with E-state index < -0.39 is 0 Å². The van der Waals surface area contributed by atoms with E-state index in [0.717, 1.165) is 21.7 Å². The van der Waals surface area contributed by atoms with Gasteiger partial charge in [0.05, 0.1) is 16.6 Å². The molecule has 7 heteroatoms. The van der Waals surface area contributed by atoms with Crippen LogP contribution >= 0.6 is 34.5 Å². The predicted molar refractivity (Wildman–Crippen MR) is 110 cm³/mol. The van der Waals surface area contributed by atoms with Crippen molar-refractivity contribution >= 4 is 51.3 Å². The summed E-state index contributed by atoms with van der Waals surface area (Å²) < 4.78 is 0. The van der Waals surface area contributed by atoms with Crippen LogP contribution in [0.25, 0.3) is 0 Å². The van der Waals surface area contributed by atoms with Crippen molar-refractivity contribution in [2.45, 2.75) is 13.3 Å². The SMILES string of the molecule is Cc1cccc(NCC(=O)Nc2ncc(Cc3ccc(Cl)c(Cl)c3)s2)c1. The largest absolute Gasteiger partial charge is 0.376 e. The molecular weight excluding hydrogens is 389 g/mol. The Kier molecular flexibility index (Phi) is 6.14. The summed E-state index contributed by atoms with van der Waals surface area (Å²) in [4.78, 5) is 17.4. The Labute approximate surface area is 166 Å². The van der Waals surface area contributed by atoms with E-state index >= 15 is 0 Å². The first-order chi connectivity index (χ1) is 12.5. The van der Waals surface area contributed by atoms with Crippen molar-refractivity contribution in [1.82, 2.24) is 4.98 Å². The van der Waals surface area contributed by atoms with E-state index in [1.807, 2.05) is 43.3 Å². The molecule has 0 aliphatic rings. The van der Waals surface area contributed by atoms with Gasteiger partial charge >= 0.3 is 0 Å². The van der Waals surface area contributed by atoms with E-state index in [4.69, 9.17) is 23.2 Å². The zero-order chi connectivity index (χ0) is 18.5. The Bertz CT molecular complexity index is 927. The molecule has 0 aliphatic carbocycles. The minimum Gasteiger partial charge on any atom is -0.376 e. The van der Waals surface area contributed by atoms with Gasteiger partial charge in [0.1, 0.15) is 0 Å². The summed E-state index contributed by atoms with van der Waals surface area (Å²) in [6.07, 6.45) is 2.45. The number of thiazole rings is 1. The molecule has 134 valence electrons. The first-order valence-corrected chi connectivity index (χ1v) is 9.56. The minimum atomic E-state index is -0.137. The maximum Gasteiger partial charge on any atom is 0.245 e. The van der Waals surface area contributed by atoms with Crippen molar-refractivity contribution in [3.8, 4) is 0 Å². The van der Waals surface area contributed by atoms with Crippen LogP contribution in [0.1, 0.15) is 16.0 Å². The number of nitrogens with one attached hydrogen (secondary N) is 2. The van der Waals surface area contributed by atoms with E-state index in [2.05, 4.69) is 15.6 Å². The van der Waals surface area contributed by atoms with Gasteiger partial charge in [-0.05, 0) is 42.3 Å². The molecule has 0 fully saturated rings. The standard InChI is InChI=1S/C19H17Cl2N3OS/c1-12-3-2-4-14(7-12)22-11-18(25)24-19-23-10-15(26-19)8-13-5-6-16(20)17(21)9-13/h2-7,9-10,22H,8,11H2,1H3,(H,23,24,25). The second kappa shape index (κ2) is 8.54. The first kappa shape index (κ1) is 18.7. The summed E-state index contributed by atoms with van der Waals surface area (Å²) in [5.41, 5.74) is 3.10. The van der Waals surface area contributed by atoms with Crippen molar-refractivity contribution in [3.05, 3.63) is 74.7 Å². The fourth-order valence-corrected chi connectivity index (χ4v) is 3.58. The highest BCUT2D eigenvalue weighted by Gasteiger charge is 2.08. The normalized spacial score (nSPS) is 10.6. The van der Waals surface area contributed by atoms with Crippen LogP contribution in [0.3, 0.4) is 0 Å². The second-order valence-corrected chi connectivity index (χ2v) is 7.76. The quantitative estimate of drug-likeness (QED) is 0.576. The number of benzene rings is 2. The number of carbonyl (C=O) groups is 1. The number of hydrogen-bond donors (Lipinski definition) is 2. The van der Waals surface area contributed by atoms with Crippen molar-refractivity contribution in [2.75, 3.05) is 17.2 Å². The molecule has 0 radical (unpaired) electrons. The molecule has 26 heavy (non-hydrogen) atoms. The number of amides is 1. The molecule has 0 saturated carbocycles. The number of hydrogen-bond acceptors (Lipinski definition) is 4. The summed E-state index contributed by atoms with van der Waals surface area (Å²) >= 11 is 13.4. The highest BCUT2D eigenvalue weighted by atomic mass is 35.5. The van der Waals surface area contributed by atoms with Crippen LogP contribution in [0.2, 0.25) is 10.0 Å². The molecule has 0 spiro atoms. The molecule has 3 rings (SSSR count). The average molecular weight is 406 g/mol. The van der Waals surface area contributed by atoms with Crippen molar-refractivity contribution in [1.29, 1.82) is 0 Å². The van der Waals surface area contributed by atoms with Gasteiger partial charge in [-0.15, -0.1) is 11.3 Å². The first-order valence-electron chi connectivity index (χ1n) is 7.98. The minimum absolute atomic E-state index is 0.137. The number of nitrogens with zero attached hydrogens (tertiary/aromatic N) is 1. The smallest absolute Gasteiger partial charge is 0.245 e. The Morgan fingerprint density at radius 1 is 1.15 bits per heavy atom. The molecular formula is C19H17Cl2N3OS. The third-order valence-corrected chi connectivity index (χ3v) is 5.29. The monoisotopic (exact) mass is 405 g/mol. The van der Waals surface area contributed by atoms with Gasteiger partial charge in [0.2, 0.25) is 5.91 Å². The van der Waals surface area contributed by atoms with E-state index in [-0.39, 0.29) is 12.5 Å². The lowest BCUT2D eigenvalue weighted by molar-refractivity contribution is -0.114. The lowest BCUT2D eigenvalue weighted by Crippen LogP contribution is -2.21. The van der Waals surface area contributed by atoms with Crippen LogP contribution in [-0.4, -0.2) is 17.4 Å². The van der Waals surface area contributed by atoms with Crippen molar-refractivity contribution < 1.29 is 4.79 Å². The van der Waals surface area contributed by atoms with E-state index in [1.165, 1.54) is 11.3 Å². The predicted octanol–water partition coefficient (Wildman–Crippen LogP) is 5.40. The van der Waals surface area contributed by atoms with Gasteiger partial charge in [-0.2, -0.15) is 0 Å². The van der Waals surface area contributed by atoms with Gasteiger partial charge in [0.15, 0.2) is 5.13 Å². The van der Waals surface area contributed by atoms with Crippen LogP contribution in [0.5, 0.6) is 0 Å².